The maximum absolute atomic E-state index is 5.32. The molecule has 0 saturated carbocycles. The van der Waals surface area contributed by atoms with Crippen molar-refractivity contribution in [2.75, 3.05) is 28.1 Å². The molecule has 0 fully saturated rings. The van der Waals surface area contributed by atoms with Gasteiger partial charge in [-0.3, -0.25) is 0 Å². The lowest BCUT2D eigenvalue weighted by Gasteiger charge is -2.12. The number of hydrogen-bond donors (Lipinski definition) is 0. The van der Waals surface area contributed by atoms with Crippen molar-refractivity contribution < 1.29 is 18.9 Å². The molecular formula is C11H15IO4. The number of methoxy groups -OCH3 is 3. The number of ether oxygens (including phenoxy) is 4. The third-order valence-corrected chi connectivity index (χ3v) is 2.99. The fraction of sp³-hybridized carbons (Fsp3) is 0.455. The van der Waals surface area contributed by atoms with Gasteiger partial charge in [0.1, 0.15) is 18.3 Å². The summed E-state index contributed by atoms with van der Waals surface area (Å²) in [6.45, 7) is 0.727. The maximum atomic E-state index is 5.32. The van der Waals surface area contributed by atoms with Crippen LogP contribution in [0.4, 0.5) is 0 Å². The molecule has 0 amide bonds. The first-order chi connectivity index (χ1) is 7.72. The van der Waals surface area contributed by atoms with E-state index in [4.69, 9.17) is 18.9 Å². The topological polar surface area (TPSA) is 36.9 Å². The lowest BCUT2D eigenvalue weighted by Crippen LogP contribution is -2.02. The summed E-state index contributed by atoms with van der Waals surface area (Å²) < 4.78 is 21.7. The third-order valence-electron chi connectivity index (χ3n) is 2.03. The van der Waals surface area contributed by atoms with Crippen molar-refractivity contribution in [2.24, 2.45) is 0 Å². The number of hydrogen-bond acceptors (Lipinski definition) is 4. The average Bonchev–Trinajstić information content (AvgIpc) is 2.30. The molecule has 0 N–H and O–H groups in total. The molecule has 1 aromatic carbocycles. The van der Waals surface area contributed by atoms with E-state index in [0.29, 0.717) is 6.61 Å². The Labute approximate surface area is 109 Å². The van der Waals surface area contributed by atoms with Crippen LogP contribution in [0.2, 0.25) is 0 Å². The van der Waals surface area contributed by atoms with Gasteiger partial charge in [-0.1, -0.05) is 0 Å². The smallest absolute Gasteiger partial charge is 0.146 e. The summed E-state index contributed by atoms with van der Waals surface area (Å²) >= 11 is 2.23. The van der Waals surface area contributed by atoms with Gasteiger partial charge < -0.3 is 18.9 Å². The Balaban J connectivity index is 2.88. The van der Waals surface area contributed by atoms with E-state index < -0.39 is 0 Å². The van der Waals surface area contributed by atoms with Gasteiger partial charge in [0.25, 0.3) is 0 Å². The van der Waals surface area contributed by atoms with E-state index in [0.717, 1.165) is 20.6 Å². The van der Waals surface area contributed by atoms with Crippen LogP contribution in [0.1, 0.15) is 5.56 Å². The first-order valence-corrected chi connectivity index (χ1v) is 5.78. The van der Waals surface area contributed by atoms with Gasteiger partial charge >= 0.3 is 0 Å². The van der Waals surface area contributed by atoms with E-state index in [9.17, 15) is 0 Å². The Bertz CT molecular complexity index is 341. The zero-order valence-corrected chi connectivity index (χ0v) is 11.7. The second-order valence-electron chi connectivity index (χ2n) is 3.05. The normalized spacial score (nSPS) is 10.2. The second-order valence-corrected chi connectivity index (χ2v) is 4.21. The number of halogens is 1. The molecule has 0 aliphatic rings. The summed E-state index contributed by atoms with van der Waals surface area (Å²) in [6, 6.07) is 3.78. The van der Waals surface area contributed by atoms with Crippen LogP contribution in [-0.2, 0) is 16.1 Å². The predicted molar refractivity (Wildman–Crippen MR) is 68.9 cm³/mol. The molecule has 16 heavy (non-hydrogen) atoms. The molecule has 0 bridgehead atoms. The molecule has 4 nitrogen and oxygen atoms in total. The summed E-state index contributed by atoms with van der Waals surface area (Å²) in [7, 11) is 4.85. The largest absolute Gasteiger partial charge is 0.497 e. The molecule has 1 aromatic rings. The van der Waals surface area contributed by atoms with Crippen LogP contribution in [0.3, 0.4) is 0 Å². The van der Waals surface area contributed by atoms with Gasteiger partial charge in [0.05, 0.1) is 20.8 Å². The van der Waals surface area contributed by atoms with E-state index in [2.05, 4.69) is 22.6 Å². The Morgan fingerprint density at radius 2 is 1.88 bits per heavy atom. The van der Waals surface area contributed by atoms with Gasteiger partial charge in [-0.05, 0) is 28.7 Å². The first kappa shape index (κ1) is 13.5. The zero-order valence-electron chi connectivity index (χ0n) is 9.58. The summed E-state index contributed by atoms with van der Waals surface area (Å²) in [5.41, 5.74) is 1.00. The quantitative estimate of drug-likeness (QED) is 0.454. The fourth-order valence-corrected chi connectivity index (χ4v) is 1.98. The molecule has 0 atom stereocenters. The van der Waals surface area contributed by atoms with Gasteiger partial charge in [-0.15, -0.1) is 0 Å². The average molecular weight is 338 g/mol. The Morgan fingerprint density at radius 3 is 2.44 bits per heavy atom. The van der Waals surface area contributed by atoms with Gasteiger partial charge in [0.2, 0.25) is 0 Å². The highest BCUT2D eigenvalue weighted by Crippen LogP contribution is 2.30. The molecule has 0 radical (unpaired) electrons. The lowest BCUT2D eigenvalue weighted by molar-refractivity contribution is -0.0397. The Morgan fingerprint density at radius 1 is 1.12 bits per heavy atom. The van der Waals surface area contributed by atoms with Crippen LogP contribution in [-0.4, -0.2) is 28.1 Å². The molecule has 0 heterocycles. The van der Waals surface area contributed by atoms with Crippen LogP contribution in [0.25, 0.3) is 0 Å². The molecular weight excluding hydrogens is 323 g/mol. The first-order valence-electron chi connectivity index (χ1n) is 4.70. The van der Waals surface area contributed by atoms with Crippen molar-refractivity contribution in [3.8, 4) is 11.5 Å². The SMILES string of the molecule is COCOCc1c(I)cc(OC)cc1OC. The monoisotopic (exact) mass is 338 g/mol. The van der Waals surface area contributed by atoms with Crippen molar-refractivity contribution >= 4 is 22.6 Å². The molecule has 0 aliphatic heterocycles. The summed E-state index contributed by atoms with van der Waals surface area (Å²) in [5, 5.41) is 0. The van der Waals surface area contributed by atoms with E-state index in [1.54, 1.807) is 21.3 Å². The minimum absolute atomic E-state index is 0.269. The molecule has 0 aromatic heterocycles. The Hall–Kier alpha value is -0.530. The number of rotatable bonds is 6. The van der Waals surface area contributed by atoms with Gasteiger partial charge in [-0.25, -0.2) is 0 Å². The van der Waals surface area contributed by atoms with E-state index >= 15 is 0 Å². The van der Waals surface area contributed by atoms with E-state index in [1.165, 1.54) is 0 Å². The molecule has 0 aliphatic carbocycles. The van der Waals surface area contributed by atoms with Crippen molar-refractivity contribution in [1.29, 1.82) is 0 Å². The molecule has 5 heteroatoms. The number of benzene rings is 1. The zero-order chi connectivity index (χ0) is 12.0. The van der Waals surface area contributed by atoms with Crippen LogP contribution in [0, 0.1) is 3.57 Å². The van der Waals surface area contributed by atoms with Crippen molar-refractivity contribution in [3.63, 3.8) is 0 Å². The molecule has 1 rings (SSSR count). The summed E-state index contributed by atoms with van der Waals surface area (Å²) in [6.07, 6.45) is 0. The van der Waals surface area contributed by atoms with Crippen LogP contribution in [0.15, 0.2) is 12.1 Å². The highest BCUT2D eigenvalue weighted by atomic mass is 127. The molecule has 0 saturated heterocycles. The second kappa shape index (κ2) is 6.93. The van der Waals surface area contributed by atoms with Crippen molar-refractivity contribution in [1.82, 2.24) is 0 Å². The standard InChI is InChI=1S/C11H15IO4/c1-13-7-16-6-9-10(12)4-8(14-2)5-11(9)15-3/h4-5H,6-7H2,1-3H3. The van der Waals surface area contributed by atoms with Gasteiger partial charge in [-0.2, -0.15) is 0 Å². The van der Waals surface area contributed by atoms with E-state index in [1.807, 2.05) is 12.1 Å². The summed E-state index contributed by atoms with van der Waals surface area (Å²) in [5.74, 6) is 1.54. The minimum Gasteiger partial charge on any atom is -0.497 e. The highest BCUT2D eigenvalue weighted by molar-refractivity contribution is 14.1. The molecule has 0 spiro atoms. The lowest BCUT2D eigenvalue weighted by atomic mass is 10.2. The third kappa shape index (κ3) is 3.50. The molecule has 0 unspecified atom stereocenters. The van der Waals surface area contributed by atoms with Crippen molar-refractivity contribution in [3.05, 3.63) is 21.3 Å². The maximum Gasteiger partial charge on any atom is 0.146 e. The highest BCUT2D eigenvalue weighted by Gasteiger charge is 2.10. The predicted octanol–water partition coefficient (Wildman–Crippen LogP) is 2.43. The van der Waals surface area contributed by atoms with Gasteiger partial charge in [0, 0.05) is 22.3 Å². The summed E-state index contributed by atoms with van der Waals surface area (Å²) in [4.78, 5) is 0. The Kier molecular flexibility index (Phi) is 5.86. The van der Waals surface area contributed by atoms with Crippen molar-refractivity contribution in [2.45, 2.75) is 6.61 Å². The van der Waals surface area contributed by atoms with Crippen LogP contribution in [0.5, 0.6) is 11.5 Å². The fourth-order valence-electron chi connectivity index (χ4n) is 1.25. The molecule has 90 valence electrons. The van der Waals surface area contributed by atoms with E-state index in [-0.39, 0.29) is 6.79 Å². The van der Waals surface area contributed by atoms with Crippen LogP contribution >= 0.6 is 22.6 Å². The van der Waals surface area contributed by atoms with Crippen LogP contribution < -0.4 is 9.47 Å². The van der Waals surface area contributed by atoms with Gasteiger partial charge in [0.15, 0.2) is 0 Å². The minimum atomic E-state index is 0.269.